The van der Waals surface area contributed by atoms with Gasteiger partial charge in [-0.3, -0.25) is 0 Å². The van der Waals surface area contributed by atoms with Gasteiger partial charge in [0.15, 0.2) is 9.04 Å². The van der Waals surface area contributed by atoms with Crippen LogP contribution in [0.15, 0.2) is 0 Å². The van der Waals surface area contributed by atoms with E-state index >= 15 is 0 Å². The minimum atomic E-state index is -1.06. The fraction of sp³-hybridized carbons (Fsp3) is 1.00. The maximum Gasteiger partial charge on any atom is 0.174 e. The number of aliphatic hydroxyl groups excluding tert-OH is 1. The van der Waals surface area contributed by atoms with E-state index in [1.165, 1.54) is 0 Å². The van der Waals surface area contributed by atoms with Crippen LogP contribution in [-0.4, -0.2) is 20.4 Å². The van der Waals surface area contributed by atoms with Gasteiger partial charge in [-0.15, -0.1) is 0 Å². The van der Waals surface area contributed by atoms with Crippen molar-refractivity contribution in [3.63, 3.8) is 0 Å². The second-order valence-electron chi connectivity index (χ2n) is 5.09. The molecule has 0 heterocycles. The highest BCUT2D eigenvalue weighted by atomic mass is 28.3. The van der Waals surface area contributed by atoms with Gasteiger partial charge >= 0.3 is 0 Å². The molecular weight excluding hydrogens is 180 g/mol. The third kappa shape index (κ3) is 10.1. The Bertz CT molecular complexity index is 129. The van der Waals surface area contributed by atoms with Crippen molar-refractivity contribution in [3.05, 3.63) is 0 Å². The predicted octanol–water partition coefficient (Wildman–Crippen LogP) is 2.52. The lowest BCUT2D eigenvalue weighted by molar-refractivity contribution is -0.0275. The standard InChI is InChI=1S/C10H24O2Si/c1-10(2,3)8-6-7-9(11)12-13(4)5/h9,11,13H,6-8H2,1-5H3. The Morgan fingerprint density at radius 1 is 1.31 bits per heavy atom. The molecule has 0 amide bonds. The Balaban J connectivity index is 3.42. The van der Waals surface area contributed by atoms with Gasteiger partial charge in [0.1, 0.15) is 6.29 Å². The Kier molecular flexibility index (Phi) is 5.84. The summed E-state index contributed by atoms with van der Waals surface area (Å²) in [4.78, 5) is 0. The Morgan fingerprint density at radius 2 is 1.85 bits per heavy atom. The molecule has 0 aromatic carbocycles. The van der Waals surface area contributed by atoms with E-state index in [1.807, 2.05) is 0 Å². The van der Waals surface area contributed by atoms with Crippen LogP contribution in [0.25, 0.3) is 0 Å². The summed E-state index contributed by atoms with van der Waals surface area (Å²) in [6, 6.07) is 0. The van der Waals surface area contributed by atoms with Crippen LogP contribution in [0.4, 0.5) is 0 Å². The molecule has 0 bridgehead atoms. The second kappa shape index (κ2) is 5.78. The van der Waals surface area contributed by atoms with Crippen LogP contribution in [-0.2, 0) is 4.43 Å². The van der Waals surface area contributed by atoms with Gasteiger partial charge in [-0.25, -0.2) is 0 Å². The van der Waals surface area contributed by atoms with Crippen LogP contribution < -0.4 is 0 Å². The molecule has 1 N–H and O–H groups in total. The van der Waals surface area contributed by atoms with Gasteiger partial charge in [-0.2, -0.15) is 0 Å². The number of aliphatic hydroxyl groups is 1. The minimum Gasteiger partial charge on any atom is -0.396 e. The quantitative estimate of drug-likeness (QED) is 0.551. The lowest BCUT2D eigenvalue weighted by atomic mass is 9.90. The van der Waals surface area contributed by atoms with E-state index in [-0.39, 0.29) is 0 Å². The summed E-state index contributed by atoms with van der Waals surface area (Å²) in [6.45, 7) is 10.8. The average Bonchev–Trinajstić information content (AvgIpc) is 1.81. The molecule has 0 aromatic heterocycles. The zero-order valence-electron chi connectivity index (χ0n) is 9.63. The van der Waals surface area contributed by atoms with Gasteiger partial charge in [0, 0.05) is 0 Å². The van der Waals surface area contributed by atoms with Crippen LogP contribution in [0.2, 0.25) is 13.1 Å². The fourth-order valence-electron chi connectivity index (χ4n) is 1.19. The molecule has 0 aliphatic carbocycles. The normalized spacial score (nSPS) is 15.0. The summed E-state index contributed by atoms with van der Waals surface area (Å²) >= 11 is 0. The van der Waals surface area contributed by atoms with Crippen LogP contribution in [0.5, 0.6) is 0 Å². The van der Waals surface area contributed by atoms with E-state index in [0.717, 1.165) is 19.3 Å². The molecule has 0 radical (unpaired) electrons. The molecule has 1 atom stereocenters. The Morgan fingerprint density at radius 3 is 2.23 bits per heavy atom. The van der Waals surface area contributed by atoms with Crippen LogP contribution in [0.1, 0.15) is 40.0 Å². The molecule has 80 valence electrons. The first-order valence-electron chi connectivity index (χ1n) is 5.15. The van der Waals surface area contributed by atoms with Crippen molar-refractivity contribution in [3.8, 4) is 0 Å². The smallest absolute Gasteiger partial charge is 0.174 e. The van der Waals surface area contributed by atoms with Crippen molar-refractivity contribution in [2.75, 3.05) is 0 Å². The van der Waals surface area contributed by atoms with Crippen LogP contribution in [0, 0.1) is 5.41 Å². The summed E-state index contributed by atoms with van der Waals surface area (Å²) in [5.74, 6) is 0. The first-order chi connectivity index (χ1) is 5.81. The van der Waals surface area contributed by atoms with Gasteiger partial charge in [0.25, 0.3) is 0 Å². The highest BCUT2D eigenvalue weighted by molar-refractivity contribution is 6.48. The van der Waals surface area contributed by atoms with Gasteiger partial charge in [-0.05, 0) is 37.8 Å². The first-order valence-corrected chi connectivity index (χ1v) is 7.93. The number of hydrogen-bond donors (Lipinski definition) is 1. The highest BCUT2D eigenvalue weighted by Gasteiger charge is 2.12. The average molecular weight is 204 g/mol. The lowest BCUT2D eigenvalue weighted by Gasteiger charge is -2.20. The molecule has 0 aromatic rings. The molecule has 0 saturated heterocycles. The van der Waals surface area contributed by atoms with Crippen molar-refractivity contribution < 1.29 is 9.53 Å². The highest BCUT2D eigenvalue weighted by Crippen LogP contribution is 2.22. The number of hydrogen-bond acceptors (Lipinski definition) is 2. The fourth-order valence-corrected chi connectivity index (χ4v) is 1.95. The van der Waals surface area contributed by atoms with Crippen molar-refractivity contribution in [1.29, 1.82) is 0 Å². The molecule has 2 nitrogen and oxygen atoms in total. The molecule has 0 spiro atoms. The minimum absolute atomic E-state index is 0.370. The molecule has 0 aliphatic rings. The van der Waals surface area contributed by atoms with Crippen molar-refractivity contribution >= 4 is 9.04 Å². The van der Waals surface area contributed by atoms with Gasteiger partial charge in [0.05, 0.1) is 0 Å². The monoisotopic (exact) mass is 204 g/mol. The van der Waals surface area contributed by atoms with Gasteiger partial charge in [-0.1, -0.05) is 20.8 Å². The van der Waals surface area contributed by atoms with Crippen molar-refractivity contribution in [1.82, 2.24) is 0 Å². The first kappa shape index (κ1) is 13.1. The maximum atomic E-state index is 9.43. The van der Waals surface area contributed by atoms with Crippen molar-refractivity contribution in [2.45, 2.75) is 59.4 Å². The molecule has 0 aliphatic heterocycles. The Labute approximate surface area is 84.0 Å². The summed E-state index contributed by atoms with van der Waals surface area (Å²) in [6.07, 6.45) is 2.45. The summed E-state index contributed by atoms with van der Waals surface area (Å²) in [5.41, 5.74) is 0.370. The van der Waals surface area contributed by atoms with E-state index in [9.17, 15) is 5.11 Å². The maximum absolute atomic E-state index is 9.43. The summed E-state index contributed by atoms with van der Waals surface area (Å²) < 4.78 is 5.36. The van der Waals surface area contributed by atoms with E-state index in [0.29, 0.717) is 5.41 Å². The van der Waals surface area contributed by atoms with Gasteiger partial charge in [0.2, 0.25) is 0 Å². The largest absolute Gasteiger partial charge is 0.396 e. The van der Waals surface area contributed by atoms with Crippen LogP contribution >= 0.6 is 0 Å². The van der Waals surface area contributed by atoms with E-state index < -0.39 is 15.3 Å². The lowest BCUT2D eigenvalue weighted by Crippen LogP contribution is -2.20. The summed E-state index contributed by atoms with van der Waals surface area (Å²) in [7, 11) is -1.06. The van der Waals surface area contributed by atoms with Gasteiger partial charge < -0.3 is 9.53 Å². The topological polar surface area (TPSA) is 29.5 Å². The zero-order valence-corrected chi connectivity index (χ0v) is 10.8. The third-order valence-electron chi connectivity index (χ3n) is 1.81. The molecule has 3 heteroatoms. The predicted molar refractivity (Wildman–Crippen MR) is 59.3 cm³/mol. The second-order valence-corrected chi connectivity index (χ2v) is 7.46. The van der Waals surface area contributed by atoms with E-state index in [2.05, 4.69) is 33.9 Å². The molecular formula is C10H24O2Si. The molecule has 0 fully saturated rings. The van der Waals surface area contributed by atoms with Crippen molar-refractivity contribution in [2.24, 2.45) is 5.41 Å². The zero-order chi connectivity index (χ0) is 10.5. The molecule has 1 unspecified atom stereocenters. The Hall–Kier alpha value is 0.137. The molecule has 0 saturated carbocycles. The van der Waals surface area contributed by atoms with E-state index in [1.54, 1.807) is 0 Å². The third-order valence-corrected chi connectivity index (χ3v) is 2.67. The summed E-state index contributed by atoms with van der Waals surface area (Å²) in [5, 5.41) is 9.43. The SMILES string of the molecule is C[SiH](C)OC(O)CCCC(C)(C)C. The molecule has 13 heavy (non-hydrogen) atoms. The molecule has 0 rings (SSSR count). The number of rotatable bonds is 5. The van der Waals surface area contributed by atoms with Crippen LogP contribution in [0.3, 0.4) is 0 Å². The van der Waals surface area contributed by atoms with E-state index in [4.69, 9.17) is 4.43 Å².